The number of nitrogens with zero attached hydrogens (tertiary/aromatic N) is 2. The molecule has 1 amide bonds. The number of hydrogen-bond acceptors (Lipinski definition) is 8. The molecule has 0 bridgehead atoms. The number of amides is 1. The zero-order chi connectivity index (χ0) is 25.0. The third-order valence-electron chi connectivity index (χ3n) is 6.42. The summed E-state index contributed by atoms with van der Waals surface area (Å²) in [6, 6.07) is 15.6. The molecular weight excluding hydrogens is 474 g/mol. The molecule has 0 spiro atoms. The van der Waals surface area contributed by atoms with Crippen molar-refractivity contribution in [1.82, 2.24) is 9.62 Å². The third-order valence-corrected chi connectivity index (χ3v) is 7.86. The van der Waals surface area contributed by atoms with E-state index in [1.54, 1.807) is 30.2 Å². The van der Waals surface area contributed by atoms with Crippen LogP contribution in [0.3, 0.4) is 0 Å². The molecule has 190 valence electrons. The van der Waals surface area contributed by atoms with Gasteiger partial charge < -0.3 is 29.5 Å². The van der Waals surface area contributed by atoms with Gasteiger partial charge in [-0.15, -0.1) is 0 Å². The number of nitrogens with one attached hydrogen (secondary N) is 1. The smallest absolute Gasteiger partial charge is 0.240 e. The van der Waals surface area contributed by atoms with Gasteiger partial charge in [0.2, 0.25) is 15.9 Å². The Kier molecular flexibility index (Phi) is 7.92. The second kappa shape index (κ2) is 10.9. The van der Waals surface area contributed by atoms with Crippen LogP contribution in [0.4, 0.5) is 5.69 Å². The Balaban J connectivity index is 1.29. The number of aliphatic hydroxyl groups is 2. The molecule has 2 aromatic carbocycles. The van der Waals surface area contributed by atoms with Gasteiger partial charge in [0, 0.05) is 32.7 Å². The first-order chi connectivity index (χ1) is 16.8. The summed E-state index contributed by atoms with van der Waals surface area (Å²) >= 11 is 0. The van der Waals surface area contributed by atoms with Crippen molar-refractivity contribution in [2.45, 2.75) is 35.7 Å². The first-order valence-electron chi connectivity index (χ1n) is 11.5. The molecule has 11 heteroatoms. The number of piperazine rings is 1. The van der Waals surface area contributed by atoms with Crippen molar-refractivity contribution in [3.05, 3.63) is 54.6 Å². The van der Waals surface area contributed by atoms with E-state index in [0.717, 1.165) is 11.4 Å². The summed E-state index contributed by atoms with van der Waals surface area (Å²) < 4.78 is 38.4. The Morgan fingerprint density at radius 3 is 2.31 bits per heavy atom. The normalized spacial score (nSPS) is 25.0. The van der Waals surface area contributed by atoms with Crippen LogP contribution < -0.4 is 14.4 Å². The molecule has 35 heavy (non-hydrogen) atoms. The van der Waals surface area contributed by atoms with Gasteiger partial charge in [0.05, 0.1) is 30.2 Å². The zero-order valence-electron chi connectivity index (χ0n) is 19.5. The molecular formula is C24H31N3O7S. The lowest BCUT2D eigenvalue weighted by Crippen LogP contribution is -2.50. The van der Waals surface area contributed by atoms with E-state index >= 15 is 0 Å². The Hall–Kier alpha value is -2.70. The number of benzene rings is 2. The summed E-state index contributed by atoms with van der Waals surface area (Å²) in [4.78, 5) is 16.8. The molecule has 0 aromatic heterocycles. The standard InChI is InChI=1S/C24H31N3O7S/c1-33-19-10-6-5-9-18(19)26-11-13-27(14-12-26)22(28)15-20-23(29)24(30)21(34-20)16-25-35(31,32)17-7-3-2-4-8-17/h2-10,20-21,23-25,29-30H,11-16H2,1H3. The van der Waals surface area contributed by atoms with E-state index in [2.05, 4.69) is 9.62 Å². The van der Waals surface area contributed by atoms with E-state index in [4.69, 9.17) is 9.47 Å². The van der Waals surface area contributed by atoms with Crippen LogP contribution in [0.25, 0.3) is 0 Å². The molecule has 2 aromatic rings. The molecule has 4 rings (SSSR count). The number of aliphatic hydroxyl groups excluding tert-OH is 2. The van der Waals surface area contributed by atoms with Crippen molar-refractivity contribution >= 4 is 21.6 Å². The summed E-state index contributed by atoms with van der Waals surface area (Å²) in [6.45, 7) is 2.04. The molecule has 0 radical (unpaired) electrons. The van der Waals surface area contributed by atoms with Crippen LogP contribution >= 0.6 is 0 Å². The third kappa shape index (κ3) is 5.76. The second-order valence-corrected chi connectivity index (χ2v) is 10.4. The fourth-order valence-corrected chi connectivity index (χ4v) is 5.49. The lowest BCUT2D eigenvalue weighted by atomic mass is 10.0. The molecule has 2 heterocycles. The van der Waals surface area contributed by atoms with Crippen LogP contribution in [-0.2, 0) is 19.6 Å². The maximum Gasteiger partial charge on any atom is 0.240 e. The van der Waals surface area contributed by atoms with Gasteiger partial charge in [0.25, 0.3) is 0 Å². The maximum absolute atomic E-state index is 12.9. The number of hydrogen-bond donors (Lipinski definition) is 3. The molecule has 4 atom stereocenters. The Bertz CT molecular complexity index is 1110. The van der Waals surface area contributed by atoms with Crippen molar-refractivity contribution in [2.24, 2.45) is 0 Å². The Morgan fingerprint density at radius 2 is 1.63 bits per heavy atom. The summed E-state index contributed by atoms with van der Waals surface area (Å²) in [5.74, 6) is 0.587. The number of methoxy groups -OCH3 is 1. The first kappa shape index (κ1) is 25.4. The van der Waals surface area contributed by atoms with Gasteiger partial charge in [-0.25, -0.2) is 13.1 Å². The van der Waals surface area contributed by atoms with Crippen LogP contribution in [0.5, 0.6) is 5.75 Å². The van der Waals surface area contributed by atoms with E-state index in [-0.39, 0.29) is 23.8 Å². The predicted molar refractivity (Wildman–Crippen MR) is 129 cm³/mol. The van der Waals surface area contributed by atoms with Crippen molar-refractivity contribution in [3.8, 4) is 5.75 Å². The number of ether oxygens (including phenoxy) is 2. The topological polar surface area (TPSA) is 129 Å². The number of sulfonamides is 1. The average Bonchev–Trinajstić information content (AvgIpc) is 3.16. The molecule has 2 aliphatic rings. The molecule has 4 unspecified atom stereocenters. The van der Waals surface area contributed by atoms with Gasteiger partial charge in [-0.3, -0.25) is 4.79 Å². The van der Waals surface area contributed by atoms with E-state index in [1.807, 2.05) is 24.3 Å². The second-order valence-electron chi connectivity index (χ2n) is 8.60. The van der Waals surface area contributed by atoms with Crippen LogP contribution in [0, 0.1) is 0 Å². The zero-order valence-corrected chi connectivity index (χ0v) is 20.3. The lowest BCUT2D eigenvalue weighted by Gasteiger charge is -2.37. The largest absolute Gasteiger partial charge is 0.495 e. The van der Waals surface area contributed by atoms with Crippen molar-refractivity contribution in [1.29, 1.82) is 0 Å². The highest BCUT2D eigenvalue weighted by Gasteiger charge is 2.44. The van der Waals surface area contributed by atoms with E-state index in [0.29, 0.717) is 26.2 Å². The van der Waals surface area contributed by atoms with Crippen molar-refractivity contribution in [3.63, 3.8) is 0 Å². The van der Waals surface area contributed by atoms with Gasteiger partial charge in [-0.1, -0.05) is 30.3 Å². The van der Waals surface area contributed by atoms with E-state index < -0.39 is 34.4 Å². The summed E-state index contributed by atoms with van der Waals surface area (Å²) in [6.07, 6.45) is -4.59. The summed E-state index contributed by atoms with van der Waals surface area (Å²) in [7, 11) is -2.17. The molecule has 2 saturated heterocycles. The highest BCUT2D eigenvalue weighted by Crippen LogP contribution is 2.29. The van der Waals surface area contributed by atoms with Crippen LogP contribution in [0.2, 0.25) is 0 Å². The minimum absolute atomic E-state index is 0.0898. The number of para-hydroxylation sites is 2. The first-order valence-corrected chi connectivity index (χ1v) is 13.0. The SMILES string of the molecule is COc1ccccc1N1CCN(C(=O)CC2OC(CNS(=O)(=O)c3ccccc3)C(O)C2O)CC1. The van der Waals surface area contributed by atoms with Crippen LogP contribution in [-0.4, -0.2) is 93.7 Å². The number of carbonyl (C=O) groups excluding carboxylic acids is 1. The molecule has 0 saturated carbocycles. The number of carbonyl (C=O) groups is 1. The maximum atomic E-state index is 12.9. The molecule has 2 fully saturated rings. The fraction of sp³-hybridized carbons (Fsp3) is 0.458. The minimum Gasteiger partial charge on any atom is -0.495 e. The van der Waals surface area contributed by atoms with Gasteiger partial charge >= 0.3 is 0 Å². The Labute approximate surface area is 205 Å². The molecule has 2 aliphatic heterocycles. The quantitative estimate of drug-likeness (QED) is 0.464. The van der Waals surface area contributed by atoms with Crippen LogP contribution in [0.15, 0.2) is 59.5 Å². The minimum atomic E-state index is -3.79. The summed E-state index contributed by atoms with van der Waals surface area (Å²) in [5.41, 5.74) is 0.973. The number of anilines is 1. The van der Waals surface area contributed by atoms with Gasteiger partial charge in [0.1, 0.15) is 24.1 Å². The van der Waals surface area contributed by atoms with Crippen molar-refractivity contribution < 1.29 is 32.9 Å². The highest BCUT2D eigenvalue weighted by atomic mass is 32.2. The molecule has 3 N–H and O–H groups in total. The van der Waals surface area contributed by atoms with Gasteiger partial charge in [-0.05, 0) is 24.3 Å². The monoisotopic (exact) mass is 505 g/mol. The molecule has 0 aliphatic carbocycles. The van der Waals surface area contributed by atoms with Gasteiger partial charge in [0.15, 0.2) is 0 Å². The lowest BCUT2D eigenvalue weighted by molar-refractivity contribution is -0.135. The van der Waals surface area contributed by atoms with E-state index in [1.165, 1.54) is 12.1 Å². The Morgan fingerprint density at radius 1 is 1.00 bits per heavy atom. The highest BCUT2D eigenvalue weighted by molar-refractivity contribution is 7.89. The van der Waals surface area contributed by atoms with Gasteiger partial charge in [-0.2, -0.15) is 0 Å². The summed E-state index contributed by atoms with van der Waals surface area (Å²) in [5, 5.41) is 20.8. The van der Waals surface area contributed by atoms with Crippen molar-refractivity contribution in [2.75, 3.05) is 44.7 Å². The van der Waals surface area contributed by atoms with E-state index in [9.17, 15) is 23.4 Å². The average molecular weight is 506 g/mol. The predicted octanol–water partition coefficient (Wildman–Crippen LogP) is 0.202. The molecule has 10 nitrogen and oxygen atoms in total. The fourth-order valence-electron chi connectivity index (χ4n) is 4.43. The van der Waals surface area contributed by atoms with Crippen LogP contribution in [0.1, 0.15) is 6.42 Å². The number of rotatable bonds is 8.